The monoisotopic (exact) mass is 228 g/mol. The molecule has 0 saturated heterocycles. The third-order valence-electron chi connectivity index (χ3n) is 2.79. The molecule has 2 aromatic rings. The lowest BCUT2D eigenvalue weighted by atomic mass is 9.99. The van der Waals surface area contributed by atoms with E-state index in [1.165, 1.54) is 22.4 Å². The van der Waals surface area contributed by atoms with E-state index in [2.05, 4.69) is 68.1 Å². The lowest BCUT2D eigenvalue weighted by Gasteiger charge is -2.07. The molecular formula is C16H22N+. The first-order chi connectivity index (χ1) is 8.20. The van der Waals surface area contributed by atoms with Gasteiger partial charge in [-0.3, -0.25) is 0 Å². The molecule has 0 N–H and O–H groups in total. The van der Waals surface area contributed by atoms with Gasteiger partial charge in [-0.1, -0.05) is 32.0 Å². The standard InChI is InChI=1S/C14H16N.C2H6/c1-11-7-6-8-12(2)14(11)13-9-4-5-10-15(13)3;1-2/h4-10H,1-3H3;1-2H3/q+1;. The topological polar surface area (TPSA) is 3.88 Å². The molecule has 0 aliphatic carbocycles. The van der Waals surface area contributed by atoms with Crippen LogP contribution in [-0.2, 0) is 7.05 Å². The fraction of sp³-hybridized carbons (Fsp3) is 0.312. The first-order valence-corrected chi connectivity index (χ1v) is 6.21. The molecule has 0 unspecified atom stereocenters. The van der Waals surface area contributed by atoms with E-state index in [0.29, 0.717) is 0 Å². The summed E-state index contributed by atoms with van der Waals surface area (Å²) >= 11 is 0. The van der Waals surface area contributed by atoms with Crippen LogP contribution < -0.4 is 4.57 Å². The molecule has 1 aromatic carbocycles. The van der Waals surface area contributed by atoms with Gasteiger partial charge in [0, 0.05) is 12.1 Å². The van der Waals surface area contributed by atoms with Gasteiger partial charge in [0.05, 0.1) is 5.56 Å². The summed E-state index contributed by atoms with van der Waals surface area (Å²) < 4.78 is 2.16. The van der Waals surface area contributed by atoms with Crippen LogP contribution in [-0.4, -0.2) is 0 Å². The van der Waals surface area contributed by atoms with Crippen LogP contribution in [0.25, 0.3) is 11.3 Å². The van der Waals surface area contributed by atoms with E-state index in [9.17, 15) is 0 Å². The highest BCUT2D eigenvalue weighted by Crippen LogP contribution is 2.23. The van der Waals surface area contributed by atoms with Gasteiger partial charge in [0.25, 0.3) is 0 Å². The average molecular weight is 228 g/mol. The van der Waals surface area contributed by atoms with E-state index in [1.54, 1.807) is 0 Å². The molecule has 90 valence electrons. The van der Waals surface area contributed by atoms with Crippen LogP contribution in [0.1, 0.15) is 25.0 Å². The molecule has 1 aromatic heterocycles. The van der Waals surface area contributed by atoms with Crippen molar-refractivity contribution >= 4 is 0 Å². The Morgan fingerprint density at radius 3 is 1.94 bits per heavy atom. The van der Waals surface area contributed by atoms with E-state index in [1.807, 2.05) is 13.8 Å². The van der Waals surface area contributed by atoms with E-state index in [4.69, 9.17) is 0 Å². The molecule has 0 amide bonds. The maximum atomic E-state index is 2.16. The SMILES string of the molecule is CC.Cc1cccc(C)c1-c1cccc[n+]1C. The zero-order valence-corrected chi connectivity index (χ0v) is 11.5. The maximum Gasteiger partial charge on any atom is 0.212 e. The lowest BCUT2D eigenvalue weighted by Crippen LogP contribution is -2.30. The van der Waals surface area contributed by atoms with Gasteiger partial charge in [0.2, 0.25) is 5.69 Å². The van der Waals surface area contributed by atoms with Gasteiger partial charge < -0.3 is 0 Å². The summed E-state index contributed by atoms with van der Waals surface area (Å²) in [5, 5.41) is 0. The quantitative estimate of drug-likeness (QED) is 0.653. The Kier molecular flexibility index (Phi) is 4.89. The normalized spacial score (nSPS) is 9.47. The number of pyridine rings is 1. The zero-order chi connectivity index (χ0) is 12.8. The molecule has 0 aliphatic heterocycles. The first-order valence-electron chi connectivity index (χ1n) is 6.21. The third kappa shape index (κ3) is 2.94. The van der Waals surface area contributed by atoms with Gasteiger partial charge in [-0.15, -0.1) is 0 Å². The van der Waals surface area contributed by atoms with Crippen molar-refractivity contribution in [2.24, 2.45) is 7.05 Å². The van der Waals surface area contributed by atoms with E-state index in [0.717, 1.165) is 0 Å². The fourth-order valence-corrected chi connectivity index (χ4v) is 2.00. The van der Waals surface area contributed by atoms with Gasteiger partial charge in [0.15, 0.2) is 6.20 Å². The van der Waals surface area contributed by atoms with E-state index >= 15 is 0 Å². The summed E-state index contributed by atoms with van der Waals surface area (Å²) in [7, 11) is 2.08. The Hall–Kier alpha value is -1.63. The summed E-state index contributed by atoms with van der Waals surface area (Å²) in [6, 6.07) is 12.7. The van der Waals surface area contributed by atoms with Crippen molar-refractivity contribution in [1.29, 1.82) is 0 Å². The fourth-order valence-electron chi connectivity index (χ4n) is 2.00. The number of rotatable bonds is 1. The number of aromatic nitrogens is 1. The van der Waals surface area contributed by atoms with Gasteiger partial charge in [0.1, 0.15) is 7.05 Å². The highest BCUT2D eigenvalue weighted by atomic mass is 14.9. The van der Waals surface area contributed by atoms with E-state index in [-0.39, 0.29) is 0 Å². The molecule has 0 bridgehead atoms. The molecule has 0 spiro atoms. The Morgan fingerprint density at radius 2 is 1.41 bits per heavy atom. The minimum atomic E-state index is 1.27. The third-order valence-corrected chi connectivity index (χ3v) is 2.79. The van der Waals surface area contributed by atoms with Crippen LogP contribution in [0.3, 0.4) is 0 Å². The van der Waals surface area contributed by atoms with Gasteiger partial charge in [-0.2, -0.15) is 0 Å². The molecule has 0 fully saturated rings. The first kappa shape index (κ1) is 13.4. The number of nitrogens with zero attached hydrogens (tertiary/aromatic N) is 1. The molecule has 1 nitrogen and oxygen atoms in total. The molecule has 0 radical (unpaired) electrons. The summed E-state index contributed by atoms with van der Waals surface area (Å²) in [5.74, 6) is 0. The van der Waals surface area contributed by atoms with Gasteiger partial charge >= 0.3 is 0 Å². The maximum absolute atomic E-state index is 2.16. The molecule has 0 saturated carbocycles. The molecular weight excluding hydrogens is 206 g/mol. The van der Waals surface area contributed by atoms with Crippen LogP contribution >= 0.6 is 0 Å². The van der Waals surface area contributed by atoms with Gasteiger partial charge in [-0.05, 0) is 31.0 Å². The van der Waals surface area contributed by atoms with Crippen molar-refractivity contribution < 1.29 is 4.57 Å². The smallest absolute Gasteiger partial charge is 0.201 e. The molecule has 1 heterocycles. The molecule has 0 aliphatic rings. The summed E-state index contributed by atoms with van der Waals surface area (Å²) in [6.45, 7) is 8.32. The van der Waals surface area contributed by atoms with Crippen molar-refractivity contribution in [1.82, 2.24) is 0 Å². The predicted molar refractivity (Wildman–Crippen MR) is 73.9 cm³/mol. The van der Waals surface area contributed by atoms with Crippen molar-refractivity contribution in [3.63, 3.8) is 0 Å². The van der Waals surface area contributed by atoms with Crippen molar-refractivity contribution in [3.8, 4) is 11.3 Å². The minimum Gasteiger partial charge on any atom is -0.201 e. The zero-order valence-electron chi connectivity index (χ0n) is 11.5. The Balaban J connectivity index is 0.000000686. The van der Waals surface area contributed by atoms with Crippen molar-refractivity contribution in [2.45, 2.75) is 27.7 Å². The largest absolute Gasteiger partial charge is 0.212 e. The summed E-state index contributed by atoms with van der Waals surface area (Å²) in [5.41, 5.74) is 5.28. The second kappa shape index (κ2) is 6.19. The Labute approximate surface area is 105 Å². The molecule has 0 atom stereocenters. The Morgan fingerprint density at radius 1 is 0.824 bits per heavy atom. The lowest BCUT2D eigenvalue weighted by molar-refractivity contribution is -0.660. The Bertz CT molecular complexity index is 466. The average Bonchev–Trinajstić information content (AvgIpc) is 2.34. The number of hydrogen-bond donors (Lipinski definition) is 0. The highest BCUT2D eigenvalue weighted by Gasteiger charge is 2.12. The van der Waals surface area contributed by atoms with E-state index < -0.39 is 0 Å². The summed E-state index contributed by atoms with van der Waals surface area (Å²) in [6.07, 6.45) is 2.08. The number of aryl methyl sites for hydroxylation is 3. The van der Waals surface area contributed by atoms with Crippen LogP contribution in [0.2, 0.25) is 0 Å². The van der Waals surface area contributed by atoms with Crippen LogP contribution in [0.4, 0.5) is 0 Å². The molecule has 17 heavy (non-hydrogen) atoms. The van der Waals surface area contributed by atoms with Crippen LogP contribution in [0.5, 0.6) is 0 Å². The van der Waals surface area contributed by atoms with Gasteiger partial charge in [-0.25, -0.2) is 4.57 Å². The summed E-state index contributed by atoms with van der Waals surface area (Å²) in [4.78, 5) is 0. The predicted octanol–water partition coefficient (Wildman–Crippen LogP) is 3.82. The molecule has 1 heteroatoms. The highest BCUT2D eigenvalue weighted by molar-refractivity contribution is 5.64. The van der Waals surface area contributed by atoms with Crippen LogP contribution in [0.15, 0.2) is 42.6 Å². The van der Waals surface area contributed by atoms with Crippen molar-refractivity contribution in [2.75, 3.05) is 0 Å². The number of hydrogen-bond acceptors (Lipinski definition) is 0. The van der Waals surface area contributed by atoms with Crippen molar-refractivity contribution in [3.05, 3.63) is 53.7 Å². The number of benzene rings is 1. The second-order valence-corrected chi connectivity index (χ2v) is 3.96. The second-order valence-electron chi connectivity index (χ2n) is 3.96. The minimum absolute atomic E-state index is 1.27. The van der Waals surface area contributed by atoms with Crippen LogP contribution in [0, 0.1) is 13.8 Å². The molecule has 2 rings (SSSR count).